The first-order valence-corrected chi connectivity index (χ1v) is 15.9. The number of thioether (sulfide) groups is 1. The summed E-state index contributed by atoms with van der Waals surface area (Å²) in [7, 11) is 0. The quantitative estimate of drug-likeness (QED) is 0.301. The maximum Gasteiger partial charge on any atom is 0.252 e. The lowest BCUT2D eigenvalue weighted by atomic mass is 10.1. The van der Waals surface area contributed by atoms with Gasteiger partial charge in [0.15, 0.2) is 5.76 Å². The molecule has 1 aromatic carbocycles. The van der Waals surface area contributed by atoms with Crippen LogP contribution in [0.3, 0.4) is 0 Å². The maximum absolute atomic E-state index is 13.3. The summed E-state index contributed by atoms with van der Waals surface area (Å²) in [6.45, 7) is 5.28. The van der Waals surface area contributed by atoms with E-state index in [1.807, 2.05) is 54.4 Å². The second-order valence-corrected chi connectivity index (χ2v) is 11.5. The zero-order valence-electron chi connectivity index (χ0n) is 24.5. The number of rotatable bonds is 6. The number of amides is 2. The highest BCUT2D eigenvalue weighted by Crippen LogP contribution is 2.22. The SMILES string of the molecule is CSCC[C@@H]1NC(=O)c2cc(ccc2C)OCCCn2cc(nn2)CN(Cc2ccc(-c3ccn[nH]3)o2)CCCNC1=O. The van der Waals surface area contributed by atoms with E-state index in [1.54, 1.807) is 24.0 Å². The number of hydrogen-bond acceptors (Lipinski definition) is 9. The molecule has 3 N–H and O–H groups in total. The number of nitrogens with one attached hydrogen (secondary N) is 3. The van der Waals surface area contributed by atoms with Gasteiger partial charge in [0.2, 0.25) is 5.91 Å². The van der Waals surface area contributed by atoms with Crippen LogP contribution in [0.15, 0.2) is 53.2 Å². The Labute approximate surface area is 254 Å². The van der Waals surface area contributed by atoms with Crippen LogP contribution in [0.2, 0.25) is 0 Å². The molecule has 1 aliphatic heterocycles. The summed E-state index contributed by atoms with van der Waals surface area (Å²) in [5.74, 6) is 2.42. The van der Waals surface area contributed by atoms with Gasteiger partial charge in [0.1, 0.15) is 23.2 Å². The van der Waals surface area contributed by atoms with Crippen molar-refractivity contribution in [2.24, 2.45) is 0 Å². The number of fused-ring (bicyclic) bond motifs is 4. The van der Waals surface area contributed by atoms with Crippen LogP contribution >= 0.6 is 11.8 Å². The van der Waals surface area contributed by atoms with Gasteiger partial charge in [-0.15, -0.1) is 5.10 Å². The summed E-state index contributed by atoms with van der Waals surface area (Å²) in [5, 5.41) is 21.6. The molecular formula is C30H38N8O4S. The van der Waals surface area contributed by atoms with Crippen molar-refractivity contribution in [1.82, 2.24) is 40.7 Å². The maximum atomic E-state index is 13.3. The first-order valence-electron chi connectivity index (χ1n) is 14.5. The molecule has 0 aliphatic carbocycles. The van der Waals surface area contributed by atoms with Gasteiger partial charge in [-0.05, 0) is 67.7 Å². The molecule has 1 aliphatic rings. The molecule has 4 bridgehead atoms. The third kappa shape index (κ3) is 8.48. The average molecular weight is 607 g/mol. The number of benzene rings is 1. The van der Waals surface area contributed by atoms with E-state index < -0.39 is 6.04 Å². The summed E-state index contributed by atoms with van der Waals surface area (Å²) in [6.07, 6.45) is 7.59. The molecule has 3 aromatic heterocycles. The van der Waals surface area contributed by atoms with Gasteiger partial charge in [0.05, 0.1) is 18.8 Å². The molecule has 4 heterocycles. The molecular weight excluding hydrogens is 568 g/mol. The lowest BCUT2D eigenvalue weighted by Crippen LogP contribution is -2.47. The van der Waals surface area contributed by atoms with Gasteiger partial charge in [-0.25, -0.2) is 0 Å². The summed E-state index contributed by atoms with van der Waals surface area (Å²) in [4.78, 5) is 28.7. The molecule has 0 saturated heterocycles. The monoisotopic (exact) mass is 606 g/mol. The lowest BCUT2D eigenvalue weighted by molar-refractivity contribution is -0.123. The summed E-state index contributed by atoms with van der Waals surface area (Å²) in [6, 6.07) is 10.6. The van der Waals surface area contributed by atoms with Crippen molar-refractivity contribution in [3.05, 3.63) is 71.4 Å². The number of carbonyl (C=O) groups excluding carboxylic acids is 2. The largest absolute Gasteiger partial charge is 0.494 e. The molecule has 2 amide bonds. The highest BCUT2D eigenvalue weighted by Gasteiger charge is 2.22. The second kappa shape index (κ2) is 14.9. The zero-order valence-corrected chi connectivity index (χ0v) is 25.4. The van der Waals surface area contributed by atoms with Crippen LogP contribution in [-0.2, 0) is 24.4 Å². The highest BCUT2D eigenvalue weighted by molar-refractivity contribution is 7.98. The molecule has 0 saturated carbocycles. The number of aromatic amines is 1. The van der Waals surface area contributed by atoms with Gasteiger partial charge >= 0.3 is 0 Å². The highest BCUT2D eigenvalue weighted by atomic mass is 32.2. The van der Waals surface area contributed by atoms with E-state index in [-0.39, 0.29) is 11.8 Å². The van der Waals surface area contributed by atoms with Crippen molar-refractivity contribution in [2.45, 2.75) is 51.9 Å². The average Bonchev–Trinajstić information content (AvgIpc) is 3.78. The van der Waals surface area contributed by atoms with Crippen LogP contribution in [0, 0.1) is 6.92 Å². The normalized spacial score (nSPS) is 17.6. The summed E-state index contributed by atoms with van der Waals surface area (Å²) < 4.78 is 13.9. The lowest BCUT2D eigenvalue weighted by Gasteiger charge is -2.22. The Morgan fingerprint density at radius 2 is 2.02 bits per heavy atom. The van der Waals surface area contributed by atoms with Crippen molar-refractivity contribution in [1.29, 1.82) is 0 Å². The van der Waals surface area contributed by atoms with E-state index in [0.717, 1.165) is 40.6 Å². The van der Waals surface area contributed by atoms with Crippen molar-refractivity contribution >= 4 is 23.6 Å². The van der Waals surface area contributed by atoms with Crippen molar-refractivity contribution in [3.63, 3.8) is 0 Å². The van der Waals surface area contributed by atoms with Crippen molar-refractivity contribution in [3.8, 4) is 17.2 Å². The van der Waals surface area contributed by atoms with Crippen molar-refractivity contribution < 1.29 is 18.7 Å². The first kappa shape index (κ1) is 30.4. The Morgan fingerprint density at radius 1 is 1.12 bits per heavy atom. The predicted molar refractivity (Wildman–Crippen MR) is 164 cm³/mol. The number of H-pyrrole nitrogens is 1. The molecule has 5 rings (SSSR count). The van der Waals surface area contributed by atoms with Gasteiger partial charge in [0.25, 0.3) is 5.91 Å². The van der Waals surface area contributed by atoms with E-state index >= 15 is 0 Å². The zero-order chi connectivity index (χ0) is 30.0. The molecule has 12 nitrogen and oxygen atoms in total. The minimum atomic E-state index is -0.635. The first-order chi connectivity index (χ1) is 21.0. The molecule has 0 spiro atoms. The molecule has 4 aromatic rings. The third-order valence-corrected chi connectivity index (χ3v) is 7.86. The number of nitrogens with zero attached hydrogens (tertiary/aromatic N) is 5. The van der Waals surface area contributed by atoms with Gasteiger partial charge in [-0.2, -0.15) is 16.9 Å². The van der Waals surface area contributed by atoms with E-state index in [2.05, 4.69) is 36.0 Å². The van der Waals surface area contributed by atoms with E-state index in [4.69, 9.17) is 9.15 Å². The Kier molecular flexibility index (Phi) is 10.5. The van der Waals surface area contributed by atoms with Gasteiger partial charge in [0, 0.05) is 50.6 Å². The second-order valence-electron chi connectivity index (χ2n) is 10.6. The number of furan rings is 1. The van der Waals surface area contributed by atoms with Gasteiger partial charge in [-0.3, -0.25) is 24.3 Å². The van der Waals surface area contributed by atoms with Crippen LogP contribution in [0.25, 0.3) is 11.5 Å². The number of ether oxygens (including phenoxy) is 1. The fraction of sp³-hybridized carbons (Fsp3) is 0.433. The van der Waals surface area contributed by atoms with Gasteiger partial charge < -0.3 is 19.8 Å². The predicted octanol–water partition coefficient (Wildman–Crippen LogP) is 3.41. The number of aryl methyl sites for hydroxylation is 2. The molecule has 1 atom stereocenters. The van der Waals surface area contributed by atoms with Crippen molar-refractivity contribution in [2.75, 3.05) is 31.7 Å². The van der Waals surface area contributed by atoms with Crippen LogP contribution in [0.5, 0.6) is 5.75 Å². The minimum absolute atomic E-state index is 0.188. The number of aromatic nitrogens is 5. The minimum Gasteiger partial charge on any atom is -0.494 e. The van der Waals surface area contributed by atoms with E-state index in [1.165, 1.54) is 0 Å². The smallest absolute Gasteiger partial charge is 0.252 e. The number of hydrogen-bond donors (Lipinski definition) is 3. The molecule has 0 radical (unpaired) electrons. The molecule has 13 heteroatoms. The third-order valence-electron chi connectivity index (χ3n) is 7.22. The van der Waals surface area contributed by atoms with Crippen LogP contribution in [0.1, 0.15) is 46.6 Å². The van der Waals surface area contributed by atoms with Crippen LogP contribution in [-0.4, -0.2) is 79.7 Å². The molecule has 0 fully saturated rings. The Hall–Kier alpha value is -4.10. The topological polar surface area (TPSA) is 143 Å². The van der Waals surface area contributed by atoms with Gasteiger partial charge in [-0.1, -0.05) is 11.3 Å². The van der Waals surface area contributed by atoms with Crippen LogP contribution < -0.4 is 15.4 Å². The van der Waals surface area contributed by atoms with E-state index in [9.17, 15) is 9.59 Å². The van der Waals surface area contributed by atoms with Crippen LogP contribution in [0.4, 0.5) is 0 Å². The standard InChI is InChI=1S/C30H38N8O4S/c1-21-5-6-23-17-25(21)29(39)33-27(10-16-43-2)30(40)31-11-3-13-37(18-22-19-38(36-34-22)14-4-15-41-23)20-24-7-8-28(42-24)26-9-12-32-35-26/h5-9,12,17,19,27H,3-4,10-11,13-16,18,20H2,1-2H3,(H,31,40)(H,32,35)(H,33,39)/t27-/m0/s1. The fourth-order valence-electron chi connectivity index (χ4n) is 4.91. The molecule has 43 heavy (non-hydrogen) atoms. The summed E-state index contributed by atoms with van der Waals surface area (Å²) >= 11 is 1.64. The Bertz CT molecular complexity index is 1480. The fourth-order valence-corrected chi connectivity index (χ4v) is 5.39. The summed E-state index contributed by atoms with van der Waals surface area (Å²) in [5.41, 5.74) is 2.99. The molecule has 0 unspecified atom stereocenters. The van der Waals surface area contributed by atoms with E-state index in [0.29, 0.717) is 63.5 Å². The Morgan fingerprint density at radius 3 is 2.86 bits per heavy atom. The number of carbonyl (C=O) groups is 2. The molecule has 228 valence electrons. The Balaban J connectivity index is 1.31.